The normalized spacial score (nSPS) is 9.94. The van der Waals surface area contributed by atoms with Crippen LogP contribution in [0.25, 0.3) is 10.1 Å². The number of non-ortho nitro benzene ring substituents is 1. The van der Waals surface area contributed by atoms with Gasteiger partial charge in [-0.3, -0.25) is 10.1 Å². The average molecular weight is 234 g/mol. The molecule has 2 rings (SSSR count). The fourth-order valence-electron chi connectivity index (χ4n) is 1.23. The molecule has 0 aliphatic rings. The van der Waals surface area contributed by atoms with Gasteiger partial charge in [-0.15, -0.1) is 6.42 Å². The Balaban J connectivity index is 2.48. The van der Waals surface area contributed by atoms with Crippen LogP contribution in [0.1, 0.15) is 0 Å². The third-order valence-corrected chi connectivity index (χ3v) is 2.73. The van der Waals surface area contributed by atoms with Gasteiger partial charge < -0.3 is 4.74 Å². The lowest BCUT2D eigenvalue weighted by atomic mass is 10.2. The van der Waals surface area contributed by atoms with Gasteiger partial charge in [-0.2, -0.15) is 4.37 Å². The highest BCUT2D eigenvalue weighted by Gasteiger charge is 2.12. The van der Waals surface area contributed by atoms with Gasteiger partial charge in [0.2, 0.25) is 5.88 Å². The molecule has 0 spiro atoms. The molecule has 0 unspecified atom stereocenters. The maximum Gasteiger partial charge on any atom is 0.270 e. The molecule has 1 aromatic carbocycles. The van der Waals surface area contributed by atoms with Crippen LogP contribution >= 0.6 is 11.5 Å². The van der Waals surface area contributed by atoms with E-state index in [1.165, 1.54) is 23.7 Å². The van der Waals surface area contributed by atoms with Crippen molar-refractivity contribution in [1.29, 1.82) is 0 Å². The Hall–Kier alpha value is -2.13. The first-order valence-corrected chi connectivity index (χ1v) is 5.10. The highest BCUT2D eigenvalue weighted by molar-refractivity contribution is 7.13. The molecule has 2 aromatic rings. The summed E-state index contributed by atoms with van der Waals surface area (Å²) in [5.74, 6) is 2.67. The summed E-state index contributed by atoms with van der Waals surface area (Å²) in [5, 5.41) is 11.2. The van der Waals surface area contributed by atoms with Gasteiger partial charge >= 0.3 is 0 Å². The molecule has 1 heterocycles. The van der Waals surface area contributed by atoms with E-state index < -0.39 is 4.92 Å². The van der Waals surface area contributed by atoms with Crippen molar-refractivity contribution in [3.8, 4) is 18.2 Å². The quantitative estimate of drug-likeness (QED) is 0.464. The van der Waals surface area contributed by atoms with Crippen molar-refractivity contribution in [3.63, 3.8) is 0 Å². The second-order valence-electron chi connectivity index (χ2n) is 2.92. The molecule has 0 radical (unpaired) electrons. The third kappa shape index (κ3) is 1.81. The van der Waals surface area contributed by atoms with Crippen LogP contribution < -0.4 is 4.74 Å². The smallest absolute Gasteiger partial charge is 0.270 e. The molecule has 6 heteroatoms. The molecule has 0 bridgehead atoms. The van der Waals surface area contributed by atoms with Crippen LogP contribution in [-0.4, -0.2) is 15.9 Å². The van der Waals surface area contributed by atoms with Crippen molar-refractivity contribution in [1.82, 2.24) is 4.37 Å². The number of fused-ring (bicyclic) bond motifs is 1. The van der Waals surface area contributed by atoms with Crippen molar-refractivity contribution in [2.75, 3.05) is 6.61 Å². The zero-order valence-electron chi connectivity index (χ0n) is 8.04. The van der Waals surface area contributed by atoms with Gasteiger partial charge in [0, 0.05) is 12.1 Å². The number of hydrogen-bond donors (Lipinski definition) is 0. The number of benzene rings is 1. The molecule has 5 nitrogen and oxygen atoms in total. The first-order chi connectivity index (χ1) is 7.72. The number of terminal acetylenes is 1. The number of rotatable bonds is 3. The predicted octanol–water partition coefficient (Wildman–Crippen LogP) is 2.22. The van der Waals surface area contributed by atoms with E-state index in [4.69, 9.17) is 11.2 Å². The fourth-order valence-corrected chi connectivity index (χ4v) is 1.94. The molecular weight excluding hydrogens is 228 g/mol. The lowest BCUT2D eigenvalue weighted by Gasteiger charge is -1.97. The topological polar surface area (TPSA) is 65.3 Å². The number of ether oxygens (including phenoxy) is 1. The van der Waals surface area contributed by atoms with E-state index in [1.54, 1.807) is 6.07 Å². The Morgan fingerprint density at radius 2 is 2.44 bits per heavy atom. The predicted molar refractivity (Wildman–Crippen MR) is 60.6 cm³/mol. The zero-order valence-corrected chi connectivity index (χ0v) is 8.86. The first kappa shape index (κ1) is 10.4. The summed E-state index contributed by atoms with van der Waals surface area (Å²) < 4.78 is 10.0. The van der Waals surface area contributed by atoms with Crippen LogP contribution in [0.3, 0.4) is 0 Å². The van der Waals surface area contributed by atoms with Crippen LogP contribution in [-0.2, 0) is 0 Å². The summed E-state index contributed by atoms with van der Waals surface area (Å²) >= 11 is 1.22. The Morgan fingerprint density at radius 1 is 1.62 bits per heavy atom. The van der Waals surface area contributed by atoms with Gasteiger partial charge in [-0.05, 0) is 17.6 Å². The van der Waals surface area contributed by atoms with E-state index in [0.29, 0.717) is 11.3 Å². The second kappa shape index (κ2) is 4.16. The molecule has 0 N–H and O–H groups in total. The Labute approximate surface area is 95.0 Å². The summed E-state index contributed by atoms with van der Waals surface area (Å²) in [4.78, 5) is 10.2. The van der Waals surface area contributed by atoms with Gasteiger partial charge in [-0.1, -0.05) is 5.92 Å². The van der Waals surface area contributed by atoms with Crippen molar-refractivity contribution < 1.29 is 9.66 Å². The van der Waals surface area contributed by atoms with Gasteiger partial charge in [-0.25, -0.2) is 0 Å². The molecule has 0 aliphatic heterocycles. The maximum absolute atomic E-state index is 10.6. The van der Waals surface area contributed by atoms with Crippen LogP contribution in [0.2, 0.25) is 0 Å². The zero-order chi connectivity index (χ0) is 11.5. The van der Waals surface area contributed by atoms with E-state index >= 15 is 0 Å². The molecule has 0 fully saturated rings. The summed E-state index contributed by atoms with van der Waals surface area (Å²) in [6.07, 6.45) is 5.06. The minimum Gasteiger partial charge on any atom is -0.463 e. The minimum atomic E-state index is -0.456. The Kier molecular flexibility index (Phi) is 2.70. The summed E-state index contributed by atoms with van der Waals surface area (Å²) in [6.45, 7) is 0.0987. The van der Waals surface area contributed by atoms with Gasteiger partial charge in [0.1, 0.15) is 0 Å². The number of hydrogen-bond acceptors (Lipinski definition) is 5. The lowest BCUT2D eigenvalue weighted by molar-refractivity contribution is -0.384. The third-order valence-electron chi connectivity index (χ3n) is 1.92. The monoisotopic (exact) mass is 234 g/mol. The average Bonchev–Trinajstić information content (AvgIpc) is 2.68. The Morgan fingerprint density at radius 3 is 3.12 bits per heavy atom. The molecule has 16 heavy (non-hydrogen) atoms. The standard InChI is InChI=1S/C10H6N2O3S/c1-2-5-15-10-8-6-7(12(13)14)3-4-9(8)16-11-10/h1,3-4,6H,5H2. The molecule has 0 atom stereocenters. The maximum atomic E-state index is 10.6. The highest BCUT2D eigenvalue weighted by atomic mass is 32.1. The number of aromatic nitrogens is 1. The second-order valence-corrected chi connectivity index (χ2v) is 3.72. The number of nitro benzene ring substituents is 1. The first-order valence-electron chi connectivity index (χ1n) is 4.32. The largest absolute Gasteiger partial charge is 0.463 e. The minimum absolute atomic E-state index is 0.0123. The van der Waals surface area contributed by atoms with Crippen molar-refractivity contribution in [2.24, 2.45) is 0 Å². The van der Waals surface area contributed by atoms with E-state index in [1.807, 2.05) is 0 Å². The summed E-state index contributed by atoms with van der Waals surface area (Å²) in [7, 11) is 0. The van der Waals surface area contributed by atoms with Crippen LogP contribution in [0, 0.1) is 22.5 Å². The molecule has 1 aromatic heterocycles. The summed E-state index contributed by atoms with van der Waals surface area (Å²) in [5.41, 5.74) is 0.0123. The Bertz CT molecular complexity index is 585. The number of nitro groups is 1. The molecule has 80 valence electrons. The van der Waals surface area contributed by atoms with E-state index in [0.717, 1.165) is 4.70 Å². The van der Waals surface area contributed by atoms with Gasteiger partial charge in [0.15, 0.2) is 6.61 Å². The van der Waals surface area contributed by atoms with Crippen LogP contribution in [0.5, 0.6) is 5.88 Å². The van der Waals surface area contributed by atoms with Crippen molar-refractivity contribution in [2.45, 2.75) is 0 Å². The fraction of sp³-hybridized carbons (Fsp3) is 0.100. The van der Waals surface area contributed by atoms with Crippen LogP contribution in [0.4, 0.5) is 5.69 Å². The van der Waals surface area contributed by atoms with Crippen LogP contribution in [0.15, 0.2) is 18.2 Å². The van der Waals surface area contributed by atoms with E-state index in [9.17, 15) is 10.1 Å². The molecule has 0 saturated heterocycles. The van der Waals surface area contributed by atoms with E-state index in [2.05, 4.69) is 10.3 Å². The lowest BCUT2D eigenvalue weighted by Crippen LogP contribution is -1.93. The molecule has 0 saturated carbocycles. The van der Waals surface area contributed by atoms with Gasteiger partial charge in [0.25, 0.3) is 5.69 Å². The SMILES string of the molecule is C#CCOc1nsc2ccc([N+](=O)[O-])cc12. The van der Waals surface area contributed by atoms with Crippen molar-refractivity contribution >= 4 is 27.3 Å². The number of nitrogens with zero attached hydrogens (tertiary/aromatic N) is 2. The highest BCUT2D eigenvalue weighted by Crippen LogP contribution is 2.31. The summed E-state index contributed by atoms with van der Waals surface area (Å²) in [6, 6.07) is 4.52. The molecular formula is C10H6N2O3S. The van der Waals surface area contributed by atoms with Gasteiger partial charge in [0.05, 0.1) is 15.0 Å². The molecule has 0 amide bonds. The molecule has 0 aliphatic carbocycles. The van der Waals surface area contributed by atoms with Crippen molar-refractivity contribution in [3.05, 3.63) is 28.3 Å². The van der Waals surface area contributed by atoms with E-state index in [-0.39, 0.29) is 12.3 Å².